The summed E-state index contributed by atoms with van der Waals surface area (Å²) < 4.78 is -0.519. The van der Waals surface area contributed by atoms with E-state index in [4.69, 9.17) is 23.2 Å². The van der Waals surface area contributed by atoms with E-state index in [1.54, 1.807) is 0 Å². The molecule has 0 N–H and O–H groups in total. The van der Waals surface area contributed by atoms with Gasteiger partial charge in [-0.1, -0.05) is 12.7 Å². The number of rotatable bonds is 2. The van der Waals surface area contributed by atoms with Crippen LogP contribution in [-0.4, -0.2) is 22.3 Å². The number of likely N-dealkylation sites (tertiary alicyclic amines) is 1. The third kappa shape index (κ3) is 0.929. The average Bonchev–Trinajstić information content (AvgIpc) is 2.36. The Balaban J connectivity index is 2.06. The molecule has 0 radical (unpaired) electrons. The summed E-state index contributed by atoms with van der Waals surface area (Å²) in [5.41, 5.74) is 1.07. The summed E-state index contributed by atoms with van der Waals surface area (Å²) in [6, 6.07) is 0. The highest BCUT2D eigenvalue weighted by atomic mass is 35.5. The minimum atomic E-state index is -0.519. The van der Waals surface area contributed by atoms with Gasteiger partial charge in [-0.05, 0) is 0 Å². The van der Waals surface area contributed by atoms with Crippen molar-refractivity contribution >= 4 is 23.2 Å². The van der Waals surface area contributed by atoms with Crippen molar-refractivity contribution in [1.29, 1.82) is 0 Å². The maximum atomic E-state index is 6.02. The molecule has 0 bridgehead atoms. The Hall–Kier alpha value is -0.140. The molecule has 0 aromatic heterocycles. The molecule has 2 unspecified atom stereocenters. The third-order valence-electron chi connectivity index (χ3n) is 2.73. The van der Waals surface area contributed by atoms with Crippen LogP contribution in [0, 0.1) is 11.8 Å². The molecule has 0 aromatic carbocycles. The predicted molar refractivity (Wildman–Crippen MR) is 52.3 cm³/mol. The Morgan fingerprint density at radius 1 is 1.67 bits per heavy atom. The molecule has 2 fully saturated rings. The van der Waals surface area contributed by atoms with Crippen LogP contribution in [0.25, 0.3) is 0 Å². The van der Waals surface area contributed by atoms with E-state index in [0.29, 0.717) is 11.8 Å². The lowest BCUT2D eigenvalue weighted by molar-refractivity contribution is 0.397. The van der Waals surface area contributed by atoms with Gasteiger partial charge in [-0.15, -0.1) is 29.8 Å². The second-order valence-corrected chi connectivity index (χ2v) is 4.89. The quantitative estimate of drug-likeness (QED) is 0.493. The number of nitrogens with zero attached hydrogens (tertiary/aromatic N) is 1. The number of hydrogen-bond donors (Lipinski definition) is 0. The molecule has 0 aromatic rings. The van der Waals surface area contributed by atoms with E-state index in [0.717, 1.165) is 18.8 Å². The Bertz CT molecular complexity index is 247. The summed E-state index contributed by atoms with van der Waals surface area (Å²) in [7, 11) is 0. The summed E-state index contributed by atoms with van der Waals surface area (Å²) in [4.78, 5) is 2.19. The van der Waals surface area contributed by atoms with Crippen molar-refractivity contribution in [2.45, 2.75) is 4.33 Å². The molecule has 12 heavy (non-hydrogen) atoms. The molecule has 2 aliphatic rings. The zero-order valence-electron chi connectivity index (χ0n) is 6.76. The number of halogens is 2. The zero-order chi connectivity index (χ0) is 8.93. The van der Waals surface area contributed by atoms with Gasteiger partial charge in [0.1, 0.15) is 4.33 Å². The van der Waals surface area contributed by atoms with Crippen LogP contribution >= 0.6 is 23.2 Å². The van der Waals surface area contributed by atoms with Gasteiger partial charge in [0.25, 0.3) is 0 Å². The minimum absolute atomic E-state index is 0.292. The molecule has 1 saturated heterocycles. The minimum Gasteiger partial charge on any atom is -0.371 e. The Morgan fingerprint density at radius 2 is 2.33 bits per heavy atom. The van der Waals surface area contributed by atoms with Gasteiger partial charge in [0.05, 0.1) is 0 Å². The normalized spacial score (nSPS) is 36.5. The van der Waals surface area contributed by atoms with Crippen LogP contribution in [0.15, 0.2) is 24.9 Å². The monoisotopic (exact) mass is 203 g/mol. The molecule has 1 aliphatic carbocycles. The van der Waals surface area contributed by atoms with E-state index < -0.39 is 4.33 Å². The van der Waals surface area contributed by atoms with Gasteiger partial charge < -0.3 is 4.90 Å². The smallest absolute Gasteiger partial charge is 0.132 e. The lowest BCUT2D eigenvalue weighted by atomic mass is 10.3. The highest BCUT2D eigenvalue weighted by molar-refractivity contribution is 6.51. The van der Waals surface area contributed by atoms with Gasteiger partial charge in [-0.2, -0.15) is 0 Å². The summed E-state index contributed by atoms with van der Waals surface area (Å²) in [6.07, 6.45) is 1.88. The molecule has 2 atom stereocenters. The summed E-state index contributed by atoms with van der Waals surface area (Å²) in [5.74, 6) is 0.689. The summed E-state index contributed by atoms with van der Waals surface area (Å²) in [6.45, 7) is 9.46. The Morgan fingerprint density at radius 3 is 2.75 bits per heavy atom. The van der Waals surface area contributed by atoms with E-state index in [9.17, 15) is 0 Å². The topological polar surface area (TPSA) is 3.24 Å². The van der Waals surface area contributed by atoms with Crippen molar-refractivity contribution in [3.05, 3.63) is 24.9 Å². The zero-order valence-corrected chi connectivity index (χ0v) is 8.28. The third-order valence-corrected chi connectivity index (χ3v) is 3.76. The van der Waals surface area contributed by atoms with Crippen LogP contribution in [0.4, 0.5) is 0 Å². The lowest BCUT2D eigenvalue weighted by Crippen LogP contribution is -2.24. The number of hydrogen-bond acceptors (Lipinski definition) is 1. The molecule has 1 heterocycles. The van der Waals surface area contributed by atoms with Crippen LogP contribution in [0.2, 0.25) is 0 Å². The van der Waals surface area contributed by atoms with Crippen LogP contribution in [0.1, 0.15) is 0 Å². The molecule has 1 saturated carbocycles. The second-order valence-electron chi connectivity index (χ2n) is 3.44. The molecule has 66 valence electrons. The van der Waals surface area contributed by atoms with E-state index in [-0.39, 0.29) is 0 Å². The molecular formula is C9H11Cl2N. The van der Waals surface area contributed by atoms with Crippen molar-refractivity contribution in [3.8, 4) is 0 Å². The SMILES string of the molecule is C=CCN1CC2C(C1=C)C2(Cl)Cl. The first-order valence-corrected chi connectivity index (χ1v) is 4.77. The van der Waals surface area contributed by atoms with E-state index in [2.05, 4.69) is 18.1 Å². The van der Waals surface area contributed by atoms with E-state index in [1.165, 1.54) is 0 Å². The number of alkyl halides is 2. The van der Waals surface area contributed by atoms with Gasteiger partial charge in [-0.25, -0.2) is 0 Å². The molecule has 1 aliphatic heterocycles. The highest BCUT2D eigenvalue weighted by Crippen LogP contribution is 2.66. The highest BCUT2D eigenvalue weighted by Gasteiger charge is 2.68. The molecular weight excluding hydrogens is 193 g/mol. The number of fused-ring (bicyclic) bond motifs is 1. The van der Waals surface area contributed by atoms with Crippen LogP contribution < -0.4 is 0 Å². The Labute approximate surface area is 82.6 Å². The van der Waals surface area contributed by atoms with Crippen molar-refractivity contribution in [3.63, 3.8) is 0 Å². The van der Waals surface area contributed by atoms with Crippen molar-refractivity contribution in [2.75, 3.05) is 13.1 Å². The lowest BCUT2D eigenvalue weighted by Gasteiger charge is -2.22. The summed E-state index contributed by atoms with van der Waals surface area (Å²) >= 11 is 12.0. The van der Waals surface area contributed by atoms with E-state index >= 15 is 0 Å². The first-order valence-electron chi connectivity index (χ1n) is 4.01. The van der Waals surface area contributed by atoms with Gasteiger partial charge >= 0.3 is 0 Å². The molecule has 2 rings (SSSR count). The molecule has 0 amide bonds. The van der Waals surface area contributed by atoms with Crippen molar-refractivity contribution in [1.82, 2.24) is 4.90 Å². The van der Waals surface area contributed by atoms with Crippen molar-refractivity contribution < 1.29 is 0 Å². The maximum absolute atomic E-state index is 6.02. The van der Waals surface area contributed by atoms with Crippen LogP contribution in [-0.2, 0) is 0 Å². The number of piperidine rings is 1. The largest absolute Gasteiger partial charge is 0.371 e. The fraction of sp³-hybridized carbons (Fsp3) is 0.556. The number of allylic oxidation sites excluding steroid dienone is 1. The first-order chi connectivity index (χ1) is 5.59. The molecule has 0 spiro atoms. The van der Waals surface area contributed by atoms with Gasteiger partial charge in [0.2, 0.25) is 0 Å². The van der Waals surface area contributed by atoms with E-state index in [1.807, 2.05) is 6.08 Å². The standard InChI is InChI=1S/C9H11Cl2N/c1-3-4-12-5-7-8(6(12)2)9(7,10)11/h3,7-8H,1-2,4-5H2. The van der Waals surface area contributed by atoms with Gasteiger partial charge in [0.15, 0.2) is 0 Å². The average molecular weight is 204 g/mol. The fourth-order valence-electron chi connectivity index (χ4n) is 1.97. The fourth-order valence-corrected chi connectivity index (χ4v) is 2.79. The predicted octanol–water partition coefficient (Wildman–Crippen LogP) is 2.42. The van der Waals surface area contributed by atoms with Crippen LogP contribution in [0.5, 0.6) is 0 Å². The van der Waals surface area contributed by atoms with Gasteiger partial charge in [-0.3, -0.25) is 0 Å². The van der Waals surface area contributed by atoms with Crippen molar-refractivity contribution in [2.24, 2.45) is 11.8 Å². The van der Waals surface area contributed by atoms with Gasteiger partial charge in [0, 0.05) is 30.6 Å². The summed E-state index contributed by atoms with van der Waals surface area (Å²) in [5, 5.41) is 0. The Kier molecular flexibility index (Phi) is 1.71. The first kappa shape index (κ1) is 8.46. The second kappa shape index (κ2) is 2.43. The van der Waals surface area contributed by atoms with Crippen LogP contribution in [0.3, 0.4) is 0 Å². The molecule has 3 heteroatoms. The molecule has 1 nitrogen and oxygen atoms in total. The maximum Gasteiger partial charge on any atom is 0.132 e.